The molecule has 4 heteroatoms. The lowest BCUT2D eigenvalue weighted by molar-refractivity contribution is 0.0705. The Morgan fingerprint density at radius 2 is 1.60 bits per heavy atom. The third-order valence-corrected chi connectivity index (χ3v) is 9.82. The minimum absolute atomic E-state index is 0.142. The number of aryl methyl sites for hydroxylation is 2. The van der Waals surface area contributed by atoms with Gasteiger partial charge >= 0.3 is 0 Å². The molecule has 2 aliphatic carbocycles. The summed E-state index contributed by atoms with van der Waals surface area (Å²) in [6.07, 6.45) is 9.27. The highest BCUT2D eigenvalue weighted by molar-refractivity contribution is 7.89. The third-order valence-electron chi connectivity index (χ3n) is 7.91. The Morgan fingerprint density at radius 1 is 0.867 bits per heavy atom. The molecule has 0 radical (unpaired) electrons. The molecule has 3 aliphatic rings. The van der Waals surface area contributed by atoms with Crippen LogP contribution in [0.15, 0.2) is 53.4 Å². The minimum Gasteiger partial charge on any atom is -0.207 e. The summed E-state index contributed by atoms with van der Waals surface area (Å²) in [7, 11) is -3.47. The molecule has 2 aromatic rings. The number of sulfonamides is 1. The standard InChI is InChI=1S/C26H33NO2S/c1-19-11-14-22(15-12-19)30(28,29)27-18-17-24-23-10-6-5-7-20(23)13-16-25(24)26(27)21-8-3-2-4-9-21/h5-7,10-12,14-15,21,24-26H,2-4,8-9,13,16-18H2,1H3/t24-,25-,26-/m0/s1. The van der Waals surface area contributed by atoms with Crippen molar-refractivity contribution >= 4 is 10.0 Å². The maximum absolute atomic E-state index is 13.8. The van der Waals surface area contributed by atoms with E-state index in [1.54, 1.807) is 12.1 Å². The predicted molar refractivity (Wildman–Crippen MR) is 121 cm³/mol. The number of hydrogen-bond donors (Lipinski definition) is 0. The van der Waals surface area contributed by atoms with Crippen molar-refractivity contribution < 1.29 is 8.42 Å². The van der Waals surface area contributed by atoms with Crippen LogP contribution >= 0.6 is 0 Å². The predicted octanol–water partition coefficient (Wildman–Crippen LogP) is 5.68. The van der Waals surface area contributed by atoms with E-state index in [2.05, 4.69) is 24.3 Å². The molecule has 0 bridgehead atoms. The molecule has 2 aromatic carbocycles. The van der Waals surface area contributed by atoms with Gasteiger partial charge in [0.15, 0.2) is 0 Å². The Balaban J connectivity index is 1.54. The first-order chi connectivity index (χ1) is 14.6. The molecule has 5 rings (SSSR count). The quantitative estimate of drug-likeness (QED) is 0.636. The molecule has 3 atom stereocenters. The van der Waals surface area contributed by atoms with Crippen LogP contribution in [0.5, 0.6) is 0 Å². The fourth-order valence-electron chi connectivity index (χ4n) is 6.47. The summed E-state index contributed by atoms with van der Waals surface area (Å²) >= 11 is 0. The van der Waals surface area contributed by atoms with Gasteiger partial charge in [0.1, 0.15) is 0 Å². The normalized spacial score (nSPS) is 28.0. The van der Waals surface area contributed by atoms with Crippen molar-refractivity contribution in [3.8, 4) is 0 Å². The zero-order chi connectivity index (χ0) is 20.7. The maximum atomic E-state index is 13.8. The van der Waals surface area contributed by atoms with Crippen molar-refractivity contribution in [1.82, 2.24) is 4.31 Å². The zero-order valence-corrected chi connectivity index (χ0v) is 18.8. The van der Waals surface area contributed by atoms with E-state index < -0.39 is 10.0 Å². The van der Waals surface area contributed by atoms with Crippen LogP contribution in [0.3, 0.4) is 0 Å². The smallest absolute Gasteiger partial charge is 0.207 e. The number of fused-ring (bicyclic) bond motifs is 3. The average Bonchev–Trinajstić information content (AvgIpc) is 2.79. The topological polar surface area (TPSA) is 37.4 Å². The summed E-state index contributed by atoms with van der Waals surface area (Å²) in [6.45, 7) is 2.65. The van der Waals surface area contributed by atoms with E-state index in [9.17, 15) is 8.42 Å². The first kappa shape index (κ1) is 20.3. The summed E-state index contributed by atoms with van der Waals surface area (Å²) < 4.78 is 29.5. The molecule has 1 heterocycles. The zero-order valence-electron chi connectivity index (χ0n) is 18.0. The van der Waals surface area contributed by atoms with Gasteiger partial charge in [-0.15, -0.1) is 0 Å². The highest BCUT2D eigenvalue weighted by atomic mass is 32.2. The maximum Gasteiger partial charge on any atom is 0.243 e. The number of piperidine rings is 1. The molecular weight excluding hydrogens is 390 g/mol. The Bertz CT molecular complexity index is 992. The molecule has 1 aliphatic heterocycles. The summed E-state index contributed by atoms with van der Waals surface area (Å²) in [6, 6.07) is 16.5. The van der Waals surface area contributed by atoms with Gasteiger partial charge < -0.3 is 0 Å². The van der Waals surface area contributed by atoms with Gasteiger partial charge in [0.25, 0.3) is 0 Å². The molecule has 3 nitrogen and oxygen atoms in total. The molecule has 0 aromatic heterocycles. The van der Waals surface area contributed by atoms with Gasteiger partial charge in [-0.3, -0.25) is 0 Å². The van der Waals surface area contributed by atoms with E-state index in [4.69, 9.17) is 0 Å². The first-order valence-corrected chi connectivity index (χ1v) is 13.2. The highest BCUT2D eigenvalue weighted by Crippen LogP contribution is 2.49. The van der Waals surface area contributed by atoms with Gasteiger partial charge in [-0.1, -0.05) is 61.2 Å². The average molecular weight is 424 g/mol. The van der Waals surface area contributed by atoms with Gasteiger partial charge in [0, 0.05) is 12.6 Å². The number of rotatable bonds is 3. The summed E-state index contributed by atoms with van der Waals surface area (Å²) in [5.74, 6) is 1.44. The Hall–Kier alpha value is -1.65. The lowest BCUT2D eigenvalue weighted by Crippen LogP contribution is -2.55. The second-order valence-corrected chi connectivity index (χ2v) is 11.5. The molecular formula is C26H33NO2S. The van der Waals surface area contributed by atoms with Crippen LogP contribution in [0.1, 0.15) is 67.6 Å². The Labute approximate surface area is 181 Å². The number of hydrogen-bond acceptors (Lipinski definition) is 2. The van der Waals surface area contributed by atoms with Crippen LogP contribution in [0.25, 0.3) is 0 Å². The number of nitrogens with zero attached hydrogens (tertiary/aromatic N) is 1. The van der Waals surface area contributed by atoms with Crippen molar-refractivity contribution in [2.75, 3.05) is 6.54 Å². The third kappa shape index (κ3) is 3.52. The van der Waals surface area contributed by atoms with Gasteiger partial charge in [0.05, 0.1) is 4.90 Å². The van der Waals surface area contributed by atoms with E-state index >= 15 is 0 Å². The SMILES string of the molecule is Cc1ccc(S(=O)(=O)N2CC[C@H]3c4ccccc4CC[C@@H]3[C@@H]2C2CCCCC2)cc1. The second kappa shape index (κ2) is 8.12. The molecule has 0 spiro atoms. The van der Waals surface area contributed by atoms with Crippen LogP contribution in [0.2, 0.25) is 0 Å². The van der Waals surface area contributed by atoms with Gasteiger partial charge in [0.2, 0.25) is 10.0 Å². The van der Waals surface area contributed by atoms with Crippen molar-refractivity contribution in [2.24, 2.45) is 11.8 Å². The second-order valence-electron chi connectivity index (χ2n) is 9.61. The fraction of sp³-hybridized carbons (Fsp3) is 0.538. The van der Waals surface area contributed by atoms with E-state index in [1.807, 2.05) is 23.4 Å². The molecule has 0 amide bonds. The van der Waals surface area contributed by atoms with Gasteiger partial charge in [-0.2, -0.15) is 4.31 Å². The van der Waals surface area contributed by atoms with Crippen LogP contribution in [-0.2, 0) is 16.4 Å². The highest BCUT2D eigenvalue weighted by Gasteiger charge is 2.48. The molecule has 1 saturated heterocycles. The first-order valence-electron chi connectivity index (χ1n) is 11.7. The van der Waals surface area contributed by atoms with Crippen LogP contribution in [0.4, 0.5) is 0 Å². The van der Waals surface area contributed by atoms with Crippen LogP contribution in [0, 0.1) is 18.8 Å². The van der Waals surface area contributed by atoms with Crippen molar-refractivity contribution in [3.05, 3.63) is 65.2 Å². The lowest BCUT2D eigenvalue weighted by atomic mass is 9.64. The lowest BCUT2D eigenvalue weighted by Gasteiger charge is -2.51. The molecule has 2 fully saturated rings. The molecule has 1 saturated carbocycles. The molecule has 30 heavy (non-hydrogen) atoms. The minimum atomic E-state index is -3.47. The largest absolute Gasteiger partial charge is 0.243 e. The Kier molecular flexibility index (Phi) is 5.49. The monoisotopic (exact) mass is 423 g/mol. The van der Waals surface area contributed by atoms with Crippen molar-refractivity contribution in [1.29, 1.82) is 0 Å². The number of benzene rings is 2. The summed E-state index contributed by atoms with van der Waals surface area (Å²) in [5, 5.41) is 0. The van der Waals surface area contributed by atoms with Crippen LogP contribution < -0.4 is 0 Å². The fourth-order valence-corrected chi connectivity index (χ4v) is 8.22. The molecule has 0 unspecified atom stereocenters. The van der Waals surface area contributed by atoms with Gasteiger partial charge in [-0.25, -0.2) is 8.42 Å². The van der Waals surface area contributed by atoms with Crippen molar-refractivity contribution in [2.45, 2.75) is 75.1 Å². The Morgan fingerprint density at radius 3 is 2.37 bits per heavy atom. The van der Waals surface area contributed by atoms with Crippen molar-refractivity contribution in [3.63, 3.8) is 0 Å². The van der Waals surface area contributed by atoms with E-state index in [1.165, 1.54) is 43.2 Å². The molecule has 160 valence electrons. The van der Waals surface area contributed by atoms with Crippen LogP contribution in [-0.4, -0.2) is 25.3 Å². The summed E-state index contributed by atoms with van der Waals surface area (Å²) in [4.78, 5) is 0.462. The van der Waals surface area contributed by atoms with Gasteiger partial charge in [-0.05, 0) is 80.0 Å². The summed E-state index contributed by atoms with van der Waals surface area (Å²) in [5.41, 5.74) is 4.07. The molecule has 0 N–H and O–H groups in total. The van der Waals surface area contributed by atoms with E-state index in [-0.39, 0.29) is 6.04 Å². The van der Waals surface area contributed by atoms with E-state index in [0.717, 1.165) is 24.8 Å². The van der Waals surface area contributed by atoms with E-state index in [0.29, 0.717) is 29.2 Å².